The summed E-state index contributed by atoms with van der Waals surface area (Å²) in [6.07, 6.45) is 18.1. The van der Waals surface area contributed by atoms with Crippen LogP contribution in [-0.2, 0) is 5.41 Å². The van der Waals surface area contributed by atoms with E-state index in [1.165, 1.54) is 12.1 Å². The fourth-order valence-corrected chi connectivity index (χ4v) is 10.6. The summed E-state index contributed by atoms with van der Waals surface area (Å²) < 4.78 is 0. The standard InChI is InChI=1S/C73H44N2O6/c1-4-46-23-17-25-51(41-46)71(80)74-68-55(6-3)70(79)50(5-2)43-62(68)61-45-54(77)35-39-66(61)73(63-29-15-13-27-56(63)57-28-14-16-30-64(57)73)65-38-34-53(76)44-60(65)58-37-40-67(78)59(36-33-48-21-11-8-12-22-48)69(58)75-72(81)52-26-18-24-49(42-52)32-31-47-19-9-7-10-20-47/h1-3,7-30,34-35,37-45,76-79H,(H,74,80)(H,75,81). The van der Waals surface area contributed by atoms with Gasteiger partial charge >= 0.3 is 0 Å². The molecule has 2 amide bonds. The van der Waals surface area contributed by atoms with E-state index in [9.17, 15) is 30.0 Å². The molecule has 10 aromatic rings. The van der Waals surface area contributed by atoms with E-state index in [-0.39, 0.29) is 62.0 Å². The van der Waals surface area contributed by atoms with Crippen LogP contribution in [0.2, 0.25) is 0 Å². The Kier molecular flexibility index (Phi) is 13.7. The molecule has 10 aromatic carbocycles. The molecule has 0 heterocycles. The maximum Gasteiger partial charge on any atom is 0.255 e. The first-order valence-corrected chi connectivity index (χ1v) is 25.5. The van der Waals surface area contributed by atoms with Crippen molar-refractivity contribution in [2.45, 2.75) is 5.41 Å². The van der Waals surface area contributed by atoms with Crippen LogP contribution >= 0.6 is 0 Å². The Balaban J connectivity index is 1.20. The lowest BCUT2D eigenvalue weighted by Crippen LogP contribution is -2.30. The Morgan fingerprint density at radius 3 is 1.40 bits per heavy atom. The molecule has 8 heteroatoms. The Bertz CT molecular complexity index is 4450. The quantitative estimate of drug-likeness (QED) is 0.0838. The number of nitrogens with one attached hydrogen (secondary N) is 2. The lowest BCUT2D eigenvalue weighted by atomic mass is 9.64. The summed E-state index contributed by atoms with van der Waals surface area (Å²) in [5, 5.41) is 53.3. The molecule has 0 radical (unpaired) electrons. The molecule has 382 valence electrons. The van der Waals surface area contributed by atoms with Gasteiger partial charge in [0.25, 0.3) is 11.8 Å². The molecule has 8 nitrogen and oxygen atoms in total. The predicted molar refractivity (Wildman–Crippen MR) is 319 cm³/mol. The number of carbonyl (C=O) groups is 2. The van der Waals surface area contributed by atoms with Crippen molar-refractivity contribution >= 4 is 23.2 Å². The van der Waals surface area contributed by atoms with Crippen LogP contribution in [0.25, 0.3) is 33.4 Å². The zero-order valence-electron chi connectivity index (χ0n) is 43.0. The number of terminal acetylenes is 3. The molecular weight excluding hydrogens is 1000 g/mol. The third kappa shape index (κ3) is 9.50. The van der Waals surface area contributed by atoms with Gasteiger partial charge in [0.2, 0.25) is 0 Å². The highest BCUT2D eigenvalue weighted by Gasteiger charge is 2.49. The zero-order chi connectivity index (χ0) is 56.2. The van der Waals surface area contributed by atoms with Crippen molar-refractivity contribution in [3.05, 3.63) is 285 Å². The number of hydrogen-bond donors (Lipinski definition) is 6. The Morgan fingerprint density at radius 2 is 0.840 bits per heavy atom. The van der Waals surface area contributed by atoms with E-state index in [4.69, 9.17) is 19.3 Å². The van der Waals surface area contributed by atoms with Gasteiger partial charge in [-0.1, -0.05) is 151 Å². The highest BCUT2D eigenvalue weighted by atomic mass is 16.3. The van der Waals surface area contributed by atoms with Gasteiger partial charge in [0, 0.05) is 44.5 Å². The van der Waals surface area contributed by atoms with Crippen molar-refractivity contribution in [2.24, 2.45) is 0 Å². The van der Waals surface area contributed by atoms with Crippen LogP contribution in [0, 0.1) is 60.7 Å². The summed E-state index contributed by atoms with van der Waals surface area (Å²) >= 11 is 0. The van der Waals surface area contributed by atoms with Crippen molar-refractivity contribution < 1.29 is 30.0 Å². The number of carbonyl (C=O) groups excluding carboxylic acids is 2. The molecule has 0 saturated heterocycles. The Hall–Kier alpha value is -11.9. The van der Waals surface area contributed by atoms with Gasteiger partial charge in [0.15, 0.2) is 0 Å². The molecule has 1 aliphatic rings. The molecule has 0 spiro atoms. The second kappa shape index (κ2) is 21.6. The molecule has 0 bridgehead atoms. The van der Waals surface area contributed by atoms with Gasteiger partial charge in [-0.3, -0.25) is 9.59 Å². The number of amides is 2. The number of fused-ring (bicyclic) bond motifs is 3. The molecule has 11 rings (SSSR count). The fourth-order valence-electron chi connectivity index (χ4n) is 10.6. The van der Waals surface area contributed by atoms with E-state index in [1.54, 1.807) is 84.9 Å². The number of hydrogen-bond acceptors (Lipinski definition) is 6. The first kappa shape index (κ1) is 51.3. The summed E-state index contributed by atoms with van der Waals surface area (Å²) in [5.41, 5.74) is 7.38. The molecule has 6 N–H and O–H groups in total. The van der Waals surface area contributed by atoms with Crippen LogP contribution < -0.4 is 10.6 Å². The van der Waals surface area contributed by atoms with Gasteiger partial charge in [0.1, 0.15) is 23.0 Å². The summed E-state index contributed by atoms with van der Waals surface area (Å²) in [5.74, 6) is 18.2. The van der Waals surface area contributed by atoms with E-state index in [0.29, 0.717) is 44.5 Å². The fraction of sp³-hybridized carbons (Fsp3) is 0.0137. The zero-order valence-corrected chi connectivity index (χ0v) is 43.0. The second-order valence-corrected chi connectivity index (χ2v) is 19.0. The highest BCUT2D eigenvalue weighted by Crippen LogP contribution is 2.61. The maximum atomic E-state index is 14.9. The molecule has 0 saturated carbocycles. The van der Waals surface area contributed by atoms with E-state index < -0.39 is 23.0 Å². The molecule has 0 aliphatic heterocycles. The molecule has 0 aromatic heterocycles. The molecule has 0 unspecified atom stereocenters. The van der Waals surface area contributed by atoms with Crippen LogP contribution in [0.5, 0.6) is 23.0 Å². The topological polar surface area (TPSA) is 139 Å². The number of phenolic OH excluding ortho intramolecular Hbond substituents is 4. The Labute approximate surface area is 468 Å². The molecule has 1 aliphatic carbocycles. The first-order valence-electron chi connectivity index (χ1n) is 25.5. The minimum Gasteiger partial charge on any atom is -0.508 e. The van der Waals surface area contributed by atoms with Gasteiger partial charge in [-0.15, -0.1) is 19.3 Å². The van der Waals surface area contributed by atoms with E-state index in [0.717, 1.165) is 27.8 Å². The minimum absolute atomic E-state index is 0.00793. The summed E-state index contributed by atoms with van der Waals surface area (Å²) in [7, 11) is 0. The number of anilines is 2. The average molecular weight is 1050 g/mol. The van der Waals surface area contributed by atoms with E-state index in [2.05, 4.69) is 52.1 Å². The van der Waals surface area contributed by atoms with E-state index in [1.807, 2.05) is 115 Å². The number of benzene rings is 10. The number of phenols is 4. The van der Waals surface area contributed by atoms with Gasteiger partial charge < -0.3 is 31.1 Å². The van der Waals surface area contributed by atoms with Crippen molar-refractivity contribution in [3.63, 3.8) is 0 Å². The largest absolute Gasteiger partial charge is 0.508 e. The summed E-state index contributed by atoms with van der Waals surface area (Å²) in [4.78, 5) is 29.4. The van der Waals surface area contributed by atoms with Crippen LogP contribution in [0.15, 0.2) is 212 Å². The van der Waals surface area contributed by atoms with E-state index >= 15 is 0 Å². The molecular formula is C73H44N2O6. The normalized spacial score (nSPS) is 11.4. The molecule has 81 heavy (non-hydrogen) atoms. The number of rotatable bonds is 8. The average Bonchev–Trinajstić information content (AvgIpc) is 3.11. The molecule has 0 fully saturated rings. The second-order valence-electron chi connectivity index (χ2n) is 19.0. The number of aromatic hydroxyl groups is 4. The SMILES string of the molecule is C#Cc1cccc(C(=O)Nc2c(-c3cc(O)ccc3C3(c4ccc(O)cc4-c4ccc(O)c(C#Cc5ccccc5)c4NC(=O)c4cccc(C#Cc5ccccc5)c4)c4ccccc4-c4ccccc43)cc(C#C)c(O)c2C#C)c1. The van der Waals surface area contributed by atoms with Crippen LogP contribution in [-0.4, -0.2) is 32.2 Å². The maximum absolute atomic E-state index is 14.9. The highest BCUT2D eigenvalue weighted by molar-refractivity contribution is 6.10. The third-order valence-electron chi connectivity index (χ3n) is 14.3. The van der Waals surface area contributed by atoms with Crippen LogP contribution in [0.1, 0.15) is 81.9 Å². The lowest BCUT2D eigenvalue weighted by molar-refractivity contribution is 0.101. The molecule has 0 atom stereocenters. The first-order chi connectivity index (χ1) is 39.5. The monoisotopic (exact) mass is 1040 g/mol. The smallest absolute Gasteiger partial charge is 0.255 e. The van der Waals surface area contributed by atoms with Crippen LogP contribution in [0.3, 0.4) is 0 Å². The summed E-state index contributed by atoms with van der Waals surface area (Å²) in [6.45, 7) is 0. The van der Waals surface area contributed by atoms with Gasteiger partial charge in [0.05, 0.1) is 33.5 Å². The van der Waals surface area contributed by atoms with Gasteiger partial charge in [-0.2, -0.15) is 0 Å². The minimum atomic E-state index is -1.42. The van der Waals surface area contributed by atoms with Crippen LogP contribution in [0.4, 0.5) is 11.4 Å². The van der Waals surface area contributed by atoms with Crippen molar-refractivity contribution in [1.29, 1.82) is 0 Å². The van der Waals surface area contributed by atoms with Crippen molar-refractivity contribution in [1.82, 2.24) is 0 Å². The van der Waals surface area contributed by atoms with Gasteiger partial charge in [-0.05, 0) is 148 Å². The summed E-state index contributed by atoms with van der Waals surface area (Å²) in [6, 6.07) is 62.4. The van der Waals surface area contributed by atoms with Crippen molar-refractivity contribution in [2.75, 3.05) is 10.6 Å². The van der Waals surface area contributed by atoms with Crippen molar-refractivity contribution in [3.8, 4) is 117 Å². The third-order valence-corrected chi connectivity index (χ3v) is 14.3. The van der Waals surface area contributed by atoms with Gasteiger partial charge in [-0.25, -0.2) is 0 Å². The lowest BCUT2D eigenvalue weighted by Gasteiger charge is -2.37. The Morgan fingerprint density at radius 1 is 0.370 bits per heavy atom. The predicted octanol–water partition coefficient (Wildman–Crippen LogP) is 13.5.